The molecule has 0 bridgehead atoms. The Bertz CT molecular complexity index is 1450. The third-order valence-electron chi connectivity index (χ3n) is 7.58. The number of hydrogen-bond acceptors (Lipinski definition) is 9. The number of anilines is 1. The molecule has 1 unspecified atom stereocenters. The van der Waals surface area contributed by atoms with Crippen LogP contribution < -0.4 is 10.1 Å². The van der Waals surface area contributed by atoms with Gasteiger partial charge >= 0.3 is 0 Å². The number of aromatic nitrogens is 2. The van der Waals surface area contributed by atoms with Crippen LogP contribution in [0, 0.1) is 17.2 Å². The maximum absolute atomic E-state index is 13.6. The molecule has 12 heteroatoms. The quantitative estimate of drug-likeness (QED) is 0.386. The van der Waals surface area contributed by atoms with E-state index >= 15 is 0 Å². The van der Waals surface area contributed by atoms with E-state index in [4.69, 9.17) is 10.00 Å². The van der Waals surface area contributed by atoms with E-state index in [0.29, 0.717) is 66.4 Å². The van der Waals surface area contributed by atoms with E-state index in [2.05, 4.69) is 21.4 Å². The third-order valence-corrected chi connectivity index (χ3v) is 10.4. The molecule has 1 amide bonds. The standard InChI is InChI=1S/C27H32N6O4S2/c1-37-24-11-10-23-26(30-24)38-27(29-23)31-25(34)22(18-19-4-2-3-5-19)20-6-8-21(9-7-20)39(35,36)33-16-14-32(13-12-28)15-17-33/h6-11,19,22H,2-5,13-18H2,1H3,(H,29,31,34). The van der Waals surface area contributed by atoms with Crippen molar-refractivity contribution < 1.29 is 17.9 Å². The smallest absolute Gasteiger partial charge is 0.243 e. The summed E-state index contributed by atoms with van der Waals surface area (Å²) in [6.07, 6.45) is 5.24. The molecule has 5 rings (SSSR count). The Hall–Kier alpha value is -3.11. The van der Waals surface area contributed by atoms with Crippen LogP contribution in [0.1, 0.15) is 43.6 Å². The number of sulfonamides is 1. The number of amides is 1. The van der Waals surface area contributed by atoms with Gasteiger partial charge in [-0.15, -0.1) is 0 Å². The number of ether oxygens (including phenoxy) is 1. The molecule has 2 fully saturated rings. The van der Waals surface area contributed by atoms with Gasteiger partial charge in [-0.25, -0.2) is 18.4 Å². The van der Waals surface area contributed by atoms with E-state index in [0.717, 1.165) is 18.4 Å². The van der Waals surface area contributed by atoms with Crippen LogP contribution in [0.2, 0.25) is 0 Å². The number of nitriles is 1. The van der Waals surface area contributed by atoms with Crippen LogP contribution in [-0.4, -0.2) is 73.3 Å². The fourth-order valence-corrected chi connectivity index (χ4v) is 7.64. The van der Waals surface area contributed by atoms with Crippen molar-refractivity contribution in [3.05, 3.63) is 42.0 Å². The number of rotatable bonds is 9. The summed E-state index contributed by atoms with van der Waals surface area (Å²) < 4.78 is 33.2. The molecule has 1 N–H and O–H groups in total. The van der Waals surface area contributed by atoms with Gasteiger partial charge in [0.2, 0.25) is 21.8 Å². The largest absolute Gasteiger partial charge is 0.481 e. The summed E-state index contributed by atoms with van der Waals surface area (Å²) >= 11 is 1.29. The molecule has 1 aliphatic heterocycles. The molecule has 1 atom stereocenters. The second-order valence-corrected chi connectivity index (χ2v) is 12.9. The van der Waals surface area contributed by atoms with E-state index < -0.39 is 15.9 Å². The number of methoxy groups -OCH3 is 1. The van der Waals surface area contributed by atoms with Gasteiger partial charge in [-0.3, -0.25) is 9.69 Å². The van der Waals surface area contributed by atoms with Crippen LogP contribution in [-0.2, 0) is 14.8 Å². The highest BCUT2D eigenvalue weighted by Gasteiger charge is 2.30. The van der Waals surface area contributed by atoms with Crippen molar-refractivity contribution in [3.8, 4) is 11.9 Å². The lowest BCUT2D eigenvalue weighted by Gasteiger charge is -2.32. The first-order valence-corrected chi connectivity index (χ1v) is 15.4. The number of pyridine rings is 1. The summed E-state index contributed by atoms with van der Waals surface area (Å²) in [6.45, 7) is 2.06. The molecule has 1 aliphatic carbocycles. The van der Waals surface area contributed by atoms with Crippen LogP contribution in [0.3, 0.4) is 0 Å². The SMILES string of the molecule is COc1ccc2nc(NC(=O)C(CC3CCCC3)c3ccc(S(=O)(=O)N4CCN(CC#N)CC4)cc3)sc2n1. The number of nitrogens with zero attached hydrogens (tertiary/aromatic N) is 5. The Labute approximate surface area is 232 Å². The summed E-state index contributed by atoms with van der Waals surface area (Å²) in [5, 5.41) is 12.4. The summed E-state index contributed by atoms with van der Waals surface area (Å²) in [7, 11) is -2.10. The normalized spacial score (nSPS) is 18.2. The molecule has 0 spiro atoms. The summed E-state index contributed by atoms with van der Waals surface area (Å²) in [4.78, 5) is 25.3. The molecule has 0 radical (unpaired) electrons. The zero-order valence-electron chi connectivity index (χ0n) is 21.9. The Balaban J connectivity index is 1.33. The molecule has 2 aromatic heterocycles. The molecule has 1 saturated heterocycles. The lowest BCUT2D eigenvalue weighted by Crippen LogP contribution is -2.48. The molecule has 10 nitrogen and oxygen atoms in total. The maximum Gasteiger partial charge on any atom is 0.243 e. The average molecular weight is 569 g/mol. The van der Waals surface area contributed by atoms with E-state index in [1.54, 1.807) is 37.4 Å². The Morgan fingerprint density at radius 2 is 1.85 bits per heavy atom. The van der Waals surface area contributed by atoms with Crippen molar-refractivity contribution in [2.45, 2.75) is 42.9 Å². The van der Waals surface area contributed by atoms with Crippen LogP contribution in [0.25, 0.3) is 10.3 Å². The van der Waals surface area contributed by atoms with Crippen LogP contribution in [0.15, 0.2) is 41.3 Å². The van der Waals surface area contributed by atoms with Crippen LogP contribution in [0.4, 0.5) is 5.13 Å². The van der Waals surface area contributed by atoms with E-state index in [1.165, 1.54) is 28.5 Å². The second kappa shape index (κ2) is 12.0. The summed E-state index contributed by atoms with van der Waals surface area (Å²) in [6, 6.07) is 12.4. The molecule has 3 aromatic rings. The van der Waals surface area contributed by atoms with Crippen molar-refractivity contribution in [2.75, 3.05) is 45.2 Å². The third kappa shape index (κ3) is 6.22. The van der Waals surface area contributed by atoms with Gasteiger partial charge in [0.25, 0.3) is 0 Å². The van der Waals surface area contributed by atoms with Gasteiger partial charge in [0.1, 0.15) is 10.3 Å². The minimum absolute atomic E-state index is 0.155. The minimum Gasteiger partial charge on any atom is -0.481 e. The predicted octanol–water partition coefficient (Wildman–Crippen LogP) is 3.83. The van der Waals surface area contributed by atoms with Crippen molar-refractivity contribution in [1.82, 2.24) is 19.2 Å². The van der Waals surface area contributed by atoms with Gasteiger partial charge in [-0.2, -0.15) is 9.57 Å². The molecular weight excluding hydrogens is 536 g/mol. The fourth-order valence-electron chi connectivity index (χ4n) is 5.38. The molecule has 3 heterocycles. The zero-order valence-corrected chi connectivity index (χ0v) is 23.5. The average Bonchev–Trinajstić information content (AvgIpc) is 3.61. The van der Waals surface area contributed by atoms with Crippen molar-refractivity contribution in [2.24, 2.45) is 5.92 Å². The molecule has 2 aliphatic rings. The van der Waals surface area contributed by atoms with Crippen LogP contribution in [0.5, 0.6) is 5.88 Å². The number of fused-ring (bicyclic) bond motifs is 1. The molecular formula is C27H32N6O4S2. The zero-order chi connectivity index (χ0) is 27.4. The summed E-state index contributed by atoms with van der Waals surface area (Å²) in [5.41, 5.74) is 1.48. The highest BCUT2D eigenvalue weighted by Crippen LogP contribution is 2.36. The maximum atomic E-state index is 13.6. The molecule has 39 heavy (non-hydrogen) atoms. The van der Waals surface area contributed by atoms with E-state index in [9.17, 15) is 13.2 Å². The number of carbonyl (C=O) groups excluding carboxylic acids is 1. The monoisotopic (exact) mass is 568 g/mol. The predicted molar refractivity (Wildman–Crippen MR) is 149 cm³/mol. The lowest BCUT2D eigenvalue weighted by molar-refractivity contribution is -0.118. The van der Waals surface area contributed by atoms with E-state index in [-0.39, 0.29) is 10.8 Å². The fraction of sp³-hybridized carbons (Fsp3) is 0.481. The van der Waals surface area contributed by atoms with Gasteiger partial charge in [0.05, 0.1) is 30.5 Å². The van der Waals surface area contributed by atoms with Crippen molar-refractivity contribution in [1.29, 1.82) is 5.26 Å². The first-order valence-electron chi connectivity index (χ1n) is 13.2. The minimum atomic E-state index is -3.66. The summed E-state index contributed by atoms with van der Waals surface area (Å²) in [5.74, 6) is 0.364. The van der Waals surface area contributed by atoms with E-state index in [1.807, 2.05) is 11.0 Å². The number of benzene rings is 1. The Kier molecular flexibility index (Phi) is 8.42. The van der Waals surface area contributed by atoms with Crippen molar-refractivity contribution >= 4 is 42.7 Å². The lowest BCUT2D eigenvalue weighted by atomic mass is 9.87. The first kappa shape index (κ1) is 27.5. The number of hydrogen-bond donors (Lipinski definition) is 1. The highest BCUT2D eigenvalue weighted by molar-refractivity contribution is 7.89. The van der Waals surface area contributed by atoms with Gasteiger partial charge in [-0.1, -0.05) is 49.2 Å². The van der Waals surface area contributed by atoms with Gasteiger partial charge in [-0.05, 0) is 36.1 Å². The molecule has 1 saturated carbocycles. The number of piperazine rings is 1. The Morgan fingerprint density at radius 3 is 2.51 bits per heavy atom. The van der Waals surface area contributed by atoms with Gasteiger partial charge in [0, 0.05) is 32.2 Å². The molecule has 1 aromatic carbocycles. The number of nitrogens with one attached hydrogen (secondary N) is 1. The van der Waals surface area contributed by atoms with Gasteiger partial charge in [0.15, 0.2) is 5.13 Å². The topological polar surface area (TPSA) is 129 Å². The highest BCUT2D eigenvalue weighted by atomic mass is 32.2. The number of thiazole rings is 1. The van der Waals surface area contributed by atoms with Crippen LogP contribution >= 0.6 is 11.3 Å². The van der Waals surface area contributed by atoms with Crippen molar-refractivity contribution in [3.63, 3.8) is 0 Å². The molecule has 206 valence electrons. The first-order chi connectivity index (χ1) is 18.9. The second-order valence-electron chi connectivity index (χ2n) is 10.0. The number of carbonyl (C=O) groups is 1. The Morgan fingerprint density at radius 1 is 1.13 bits per heavy atom. The van der Waals surface area contributed by atoms with Gasteiger partial charge < -0.3 is 10.1 Å².